The maximum absolute atomic E-state index is 13.7. The number of hydrogen-bond acceptors (Lipinski definition) is 3. The smallest absolute Gasteiger partial charge is 0.327 e. The molecule has 5 heteroatoms. The van der Waals surface area contributed by atoms with Gasteiger partial charge in [0.1, 0.15) is 5.54 Å². The van der Waals surface area contributed by atoms with E-state index in [1.165, 1.54) is 6.07 Å². The summed E-state index contributed by atoms with van der Waals surface area (Å²) in [6.45, 7) is 1.97. The van der Waals surface area contributed by atoms with Gasteiger partial charge in [0, 0.05) is 12.8 Å². The lowest BCUT2D eigenvalue weighted by Gasteiger charge is -2.25. The molecule has 0 aromatic heterocycles. The molecule has 0 bridgehead atoms. The molecule has 1 aliphatic rings. The molecular weight excluding hydrogens is 240 g/mol. The highest BCUT2D eigenvalue weighted by Gasteiger charge is 2.45. The average Bonchev–Trinajstić information content (AvgIpc) is 2.75. The molecule has 1 aromatic rings. The minimum absolute atomic E-state index is 0.112. The van der Waals surface area contributed by atoms with Gasteiger partial charge in [-0.25, -0.2) is 8.78 Å². The maximum Gasteiger partial charge on any atom is 0.327 e. The van der Waals surface area contributed by atoms with Crippen LogP contribution in [0.15, 0.2) is 12.1 Å². The molecule has 1 unspecified atom stereocenters. The molecule has 0 saturated heterocycles. The van der Waals surface area contributed by atoms with E-state index in [0.717, 1.165) is 6.07 Å². The molecule has 0 radical (unpaired) electrons. The Hall–Kier alpha value is -1.49. The highest BCUT2D eigenvalue weighted by molar-refractivity contribution is 5.83. The fourth-order valence-electron chi connectivity index (χ4n) is 2.37. The van der Waals surface area contributed by atoms with E-state index in [4.69, 9.17) is 4.74 Å². The molecule has 0 saturated carbocycles. The number of esters is 1. The molecule has 1 aromatic carbocycles. The summed E-state index contributed by atoms with van der Waals surface area (Å²) in [6.07, 6.45) is 0.427. The number of fused-ring (bicyclic) bond motifs is 1. The first-order chi connectivity index (χ1) is 8.54. The molecule has 0 amide bonds. The third kappa shape index (κ3) is 1.88. The third-order valence-corrected chi connectivity index (χ3v) is 3.41. The van der Waals surface area contributed by atoms with Gasteiger partial charge in [0.25, 0.3) is 0 Å². The zero-order chi connectivity index (χ0) is 13.3. The molecule has 18 heavy (non-hydrogen) atoms. The lowest BCUT2D eigenvalue weighted by atomic mass is 9.96. The molecular formula is C13H15F2NO2. The number of rotatable bonds is 3. The summed E-state index contributed by atoms with van der Waals surface area (Å²) >= 11 is 0. The van der Waals surface area contributed by atoms with Crippen LogP contribution in [0.1, 0.15) is 18.1 Å². The van der Waals surface area contributed by atoms with Gasteiger partial charge >= 0.3 is 5.97 Å². The second kappa shape index (κ2) is 4.65. The first kappa shape index (κ1) is 13.0. The standard InChI is InChI=1S/C13H15F2NO2/c1-3-18-12(17)13(16-2)6-8-4-5-10(14)11(15)9(8)7-13/h4-5,16H,3,6-7H2,1-2H3. The zero-order valence-corrected chi connectivity index (χ0v) is 10.3. The SMILES string of the molecule is CCOC(=O)C1(NC)Cc2ccc(F)c(F)c2C1. The van der Waals surface area contributed by atoms with Crippen LogP contribution >= 0.6 is 0 Å². The van der Waals surface area contributed by atoms with E-state index in [2.05, 4.69) is 5.32 Å². The Morgan fingerprint density at radius 1 is 1.44 bits per heavy atom. The van der Waals surface area contributed by atoms with E-state index >= 15 is 0 Å². The van der Waals surface area contributed by atoms with Gasteiger partial charge in [-0.05, 0) is 31.2 Å². The topological polar surface area (TPSA) is 38.3 Å². The highest BCUT2D eigenvalue weighted by atomic mass is 19.2. The minimum atomic E-state index is -0.979. The van der Waals surface area contributed by atoms with Crippen molar-refractivity contribution in [3.8, 4) is 0 Å². The molecule has 1 aliphatic carbocycles. The molecule has 0 heterocycles. The molecule has 2 rings (SSSR count). The number of hydrogen-bond donors (Lipinski definition) is 1. The van der Waals surface area contributed by atoms with Crippen molar-refractivity contribution in [2.45, 2.75) is 25.3 Å². The first-order valence-corrected chi connectivity index (χ1v) is 5.86. The van der Waals surface area contributed by atoms with E-state index in [9.17, 15) is 13.6 Å². The van der Waals surface area contributed by atoms with Gasteiger partial charge in [-0.15, -0.1) is 0 Å². The summed E-state index contributed by atoms with van der Waals surface area (Å²) < 4.78 is 31.8. The number of halogens is 2. The van der Waals surface area contributed by atoms with E-state index in [-0.39, 0.29) is 18.6 Å². The summed E-state index contributed by atoms with van der Waals surface area (Å²) in [7, 11) is 1.62. The van der Waals surface area contributed by atoms with Crippen molar-refractivity contribution in [2.24, 2.45) is 0 Å². The van der Waals surface area contributed by atoms with Gasteiger partial charge in [-0.3, -0.25) is 4.79 Å². The fourth-order valence-corrected chi connectivity index (χ4v) is 2.37. The predicted octanol–water partition coefficient (Wildman–Crippen LogP) is 1.58. The molecule has 0 aliphatic heterocycles. The van der Waals surface area contributed by atoms with Crippen molar-refractivity contribution >= 4 is 5.97 Å². The Balaban J connectivity index is 2.37. The predicted molar refractivity (Wildman–Crippen MR) is 62.2 cm³/mol. The summed E-state index contributed by atoms with van der Waals surface area (Å²) in [5, 5.41) is 2.89. The van der Waals surface area contributed by atoms with Gasteiger partial charge in [0.2, 0.25) is 0 Å². The van der Waals surface area contributed by atoms with Crippen molar-refractivity contribution in [2.75, 3.05) is 13.7 Å². The molecule has 0 spiro atoms. The normalized spacial score (nSPS) is 21.8. The minimum Gasteiger partial charge on any atom is -0.465 e. The molecule has 3 nitrogen and oxygen atoms in total. The van der Waals surface area contributed by atoms with Crippen LogP contribution < -0.4 is 5.32 Å². The number of ether oxygens (including phenoxy) is 1. The van der Waals surface area contributed by atoms with Crippen molar-refractivity contribution in [3.05, 3.63) is 34.9 Å². The maximum atomic E-state index is 13.7. The second-order valence-corrected chi connectivity index (χ2v) is 4.41. The Labute approximate surface area is 104 Å². The van der Waals surface area contributed by atoms with Crippen molar-refractivity contribution in [1.82, 2.24) is 5.32 Å². The Kier molecular flexibility index (Phi) is 3.34. The number of likely N-dealkylation sites (N-methyl/N-ethyl adjacent to an activating group) is 1. The van der Waals surface area contributed by atoms with Crippen molar-refractivity contribution < 1.29 is 18.3 Å². The Morgan fingerprint density at radius 3 is 2.78 bits per heavy atom. The first-order valence-electron chi connectivity index (χ1n) is 5.86. The van der Waals surface area contributed by atoms with E-state index in [0.29, 0.717) is 12.0 Å². The quantitative estimate of drug-likeness (QED) is 0.833. The van der Waals surface area contributed by atoms with Crippen LogP contribution in [0.4, 0.5) is 8.78 Å². The number of carbonyl (C=O) groups excluding carboxylic acids is 1. The summed E-state index contributed by atoms with van der Waals surface area (Å²) in [4.78, 5) is 12.0. The van der Waals surface area contributed by atoms with Crippen molar-refractivity contribution in [1.29, 1.82) is 0 Å². The largest absolute Gasteiger partial charge is 0.465 e. The van der Waals surface area contributed by atoms with Crippen LogP contribution in [0.25, 0.3) is 0 Å². The van der Waals surface area contributed by atoms with E-state index in [1.54, 1.807) is 14.0 Å². The van der Waals surface area contributed by atoms with E-state index < -0.39 is 23.1 Å². The van der Waals surface area contributed by atoms with Crippen molar-refractivity contribution in [3.63, 3.8) is 0 Å². The van der Waals surface area contributed by atoms with Crippen LogP contribution in [-0.4, -0.2) is 25.2 Å². The van der Waals surface area contributed by atoms with Crippen LogP contribution in [0, 0.1) is 11.6 Å². The lowest BCUT2D eigenvalue weighted by Crippen LogP contribution is -2.52. The Bertz CT molecular complexity index is 490. The average molecular weight is 255 g/mol. The summed E-state index contributed by atoms with van der Waals surface area (Å²) in [5.41, 5.74) is -0.0684. The Morgan fingerprint density at radius 2 is 2.17 bits per heavy atom. The summed E-state index contributed by atoms with van der Waals surface area (Å²) in [6, 6.07) is 2.61. The lowest BCUT2D eigenvalue weighted by molar-refractivity contribution is -0.150. The van der Waals surface area contributed by atoms with E-state index in [1.807, 2.05) is 0 Å². The van der Waals surface area contributed by atoms with Gasteiger partial charge < -0.3 is 10.1 Å². The number of nitrogens with one attached hydrogen (secondary N) is 1. The third-order valence-electron chi connectivity index (χ3n) is 3.41. The zero-order valence-electron chi connectivity index (χ0n) is 10.3. The number of carbonyl (C=O) groups is 1. The molecule has 1 atom stereocenters. The van der Waals surface area contributed by atoms with Gasteiger partial charge in [0.15, 0.2) is 11.6 Å². The van der Waals surface area contributed by atoms with Crippen LogP contribution in [0.3, 0.4) is 0 Å². The second-order valence-electron chi connectivity index (χ2n) is 4.41. The van der Waals surface area contributed by atoms with Gasteiger partial charge in [0.05, 0.1) is 6.61 Å². The number of benzene rings is 1. The molecule has 98 valence electrons. The molecule has 1 N–H and O–H groups in total. The van der Waals surface area contributed by atoms with Gasteiger partial charge in [-0.2, -0.15) is 0 Å². The monoisotopic (exact) mass is 255 g/mol. The highest BCUT2D eigenvalue weighted by Crippen LogP contribution is 2.33. The summed E-state index contributed by atoms with van der Waals surface area (Å²) in [5.74, 6) is -2.18. The molecule has 0 fully saturated rings. The van der Waals surface area contributed by atoms with Crippen LogP contribution in [-0.2, 0) is 22.4 Å². The van der Waals surface area contributed by atoms with Gasteiger partial charge in [-0.1, -0.05) is 6.07 Å². The van der Waals surface area contributed by atoms with Crippen LogP contribution in [0.5, 0.6) is 0 Å². The fraction of sp³-hybridized carbons (Fsp3) is 0.462. The van der Waals surface area contributed by atoms with Crippen LogP contribution in [0.2, 0.25) is 0 Å².